The monoisotopic (exact) mass is 217 g/mol. The number of nitriles is 1. The average Bonchev–Trinajstić information content (AvgIpc) is 2.37. The molecule has 0 aliphatic carbocycles. The zero-order chi connectivity index (χ0) is 8.69. The Hall–Kier alpha value is -0.781. The predicted octanol–water partition coefficient (Wildman–Crippen LogP) is -0.0315. The van der Waals surface area contributed by atoms with E-state index in [0.717, 1.165) is 6.54 Å². The molecule has 4 heteroatoms. The molecule has 0 unspecified atom stereocenters. The Morgan fingerprint density at radius 2 is 2.27 bits per heavy atom. The van der Waals surface area contributed by atoms with Crippen LogP contribution in [0.2, 0.25) is 0 Å². The van der Waals surface area contributed by atoms with Crippen LogP contribution in [0.3, 0.4) is 0 Å². The van der Waals surface area contributed by atoms with Crippen LogP contribution >= 0.6 is 0 Å². The molecule has 0 aliphatic heterocycles. The van der Waals surface area contributed by atoms with Crippen LogP contribution in [0.15, 0.2) is 18.7 Å². The van der Waals surface area contributed by atoms with E-state index in [1.165, 1.54) is 0 Å². The molecule has 0 atom stereocenters. The quantitative estimate of drug-likeness (QED) is 0.479. The molecule has 0 saturated heterocycles. The second-order valence-electron chi connectivity index (χ2n) is 2.00. The molecule has 0 fully saturated rings. The summed E-state index contributed by atoms with van der Waals surface area (Å²) in [6.45, 7) is 3.18. The number of hydrogen-bond donors (Lipinski definition) is 0. The molecule has 3 nitrogen and oxygen atoms in total. The van der Waals surface area contributed by atoms with E-state index in [4.69, 9.17) is 5.26 Å². The third-order valence-corrected chi connectivity index (χ3v) is 1.19. The second kappa shape index (κ2) is 5.96. The summed E-state index contributed by atoms with van der Waals surface area (Å²) in [7, 11) is 2.02. The summed E-state index contributed by atoms with van der Waals surface area (Å²) in [6, 6.07) is 0. The molecule has 11 heavy (non-hydrogen) atoms. The maximum atomic E-state index is 7.26. The van der Waals surface area contributed by atoms with Crippen LogP contribution in [0, 0.1) is 10.2 Å². The van der Waals surface area contributed by atoms with Gasteiger partial charge >= 0.3 is 26.2 Å². The van der Waals surface area contributed by atoms with Gasteiger partial charge in [-0.3, -0.25) is 0 Å². The van der Waals surface area contributed by atoms with E-state index in [9.17, 15) is 0 Å². The van der Waals surface area contributed by atoms with Crippen LogP contribution in [0.1, 0.15) is 6.92 Å². The van der Waals surface area contributed by atoms with Gasteiger partial charge in [-0.25, -0.2) is 9.13 Å². The molecule has 1 radical (unpaired) electrons. The molecule has 1 aromatic rings. The van der Waals surface area contributed by atoms with Crippen LogP contribution in [0.25, 0.3) is 0 Å². The minimum atomic E-state index is 1.06. The van der Waals surface area contributed by atoms with Crippen LogP contribution < -0.4 is 4.57 Å². The summed E-state index contributed by atoms with van der Waals surface area (Å²) in [5.41, 5.74) is 0. The molecule has 0 aromatic carbocycles. The molecule has 0 spiro atoms. The fourth-order valence-electron chi connectivity index (χ4n) is 0.689. The maximum absolute atomic E-state index is 7.26. The Balaban J connectivity index is 0.000000292. The van der Waals surface area contributed by atoms with Crippen molar-refractivity contribution in [2.45, 2.75) is 13.5 Å². The predicted molar refractivity (Wildman–Crippen MR) is 42.6 cm³/mol. The van der Waals surface area contributed by atoms with Gasteiger partial charge in [0.15, 0.2) is 0 Å². The first kappa shape index (κ1) is 10.2. The zero-order valence-corrected chi connectivity index (χ0v) is 8.40. The van der Waals surface area contributed by atoms with Gasteiger partial charge in [0, 0.05) is 0 Å². The second-order valence-corrected chi connectivity index (χ2v) is 2.38. The van der Waals surface area contributed by atoms with Gasteiger partial charge in [0.2, 0.25) is 6.33 Å². The Bertz CT molecular complexity index is 236. The summed E-state index contributed by atoms with van der Waals surface area (Å²) >= 11 is 2.11. The Kier molecular flexibility index (Phi) is 5.54. The number of aromatic nitrogens is 2. The van der Waals surface area contributed by atoms with E-state index in [0.29, 0.717) is 0 Å². The number of nitrogens with zero attached hydrogens (tertiary/aromatic N) is 3. The van der Waals surface area contributed by atoms with E-state index in [2.05, 4.69) is 40.0 Å². The van der Waals surface area contributed by atoms with Crippen molar-refractivity contribution in [1.82, 2.24) is 4.57 Å². The fourth-order valence-corrected chi connectivity index (χ4v) is 0.689. The van der Waals surface area contributed by atoms with Crippen molar-refractivity contribution in [2.24, 2.45) is 7.05 Å². The van der Waals surface area contributed by atoms with Crippen molar-refractivity contribution in [3.63, 3.8) is 0 Å². The number of hydrogen-bond acceptors (Lipinski definition) is 1. The van der Waals surface area contributed by atoms with Crippen LogP contribution in [0.5, 0.6) is 0 Å². The van der Waals surface area contributed by atoms with E-state index >= 15 is 0 Å². The summed E-state index contributed by atoms with van der Waals surface area (Å²) < 4.78 is 4.16. The van der Waals surface area contributed by atoms with Crippen LogP contribution in [-0.4, -0.2) is 20.6 Å². The van der Waals surface area contributed by atoms with Crippen molar-refractivity contribution in [2.75, 3.05) is 0 Å². The molecule has 59 valence electrons. The van der Waals surface area contributed by atoms with Crippen LogP contribution in [-0.2, 0) is 13.6 Å². The Labute approximate surface area is 75.1 Å². The van der Waals surface area contributed by atoms with Crippen molar-refractivity contribution in [3.8, 4) is 4.97 Å². The van der Waals surface area contributed by atoms with Crippen LogP contribution in [0.4, 0.5) is 0 Å². The third kappa shape index (κ3) is 4.60. The molecule has 0 amide bonds. The van der Waals surface area contributed by atoms with Gasteiger partial charge in [0.1, 0.15) is 12.4 Å². The zero-order valence-electron chi connectivity index (χ0n) is 6.69. The fraction of sp³-hybridized carbons (Fsp3) is 0.429. The number of rotatable bonds is 1. The summed E-state index contributed by atoms with van der Waals surface area (Å²) in [5, 5.41) is 7.26. The molecule has 0 aliphatic rings. The van der Waals surface area contributed by atoms with Crippen molar-refractivity contribution in [1.29, 1.82) is 5.26 Å². The SMILES string of the molecule is CCn1cc[n+](C)c1.N#C[Se]. The summed E-state index contributed by atoms with van der Waals surface area (Å²) in [5.74, 6) is 0. The van der Waals surface area contributed by atoms with Gasteiger partial charge in [0.25, 0.3) is 0 Å². The molecule has 0 bridgehead atoms. The molecule has 1 aromatic heterocycles. The van der Waals surface area contributed by atoms with Gasteiger partial charge in [0.05, 0.1) is 13.6 Å². The molecular weight excluding hydrogens is 205 g/mol. The molecule has 1 heterocycles. The number of aryl methyl sites for hydroxylation is 2. The third-order valence-electron chi connectivity index (χ3n) is 1.19. The van der Waals surface area contributed by atoms with E-state index < -0.39 is 0 Å². The Morgan fingerprint density at radius 1 is 1.73 bits per heavy atom. The van der Waals surface area contributed by atoms with Gasteiger partial charge in [-0.1, -0.05) is 0 Å². The average molecular weight is 216 g/mol. The van der Waals surface area contributed by atoms with Crippen molar-refractivity contribution in [3.05, 3.63) is 18.7 Å². The molecule has 0 N–H and O–H groups in total. The normalized spacial score (nSPS) is 7.73. The first-order valence-electron chi connectivity index (χ1n) is 3.26. The van der Waals surface area contributed by atoms with Gasteiger partial charge in [-0.15, -0.1) is 0 Å². The van der Waals surface area contributed by atoms with Crippen molar-refractivity contribution >= 4 is 16.0 Å². The standard InChI is InChI=1S/C6H11N2.CNSe/c1-3-8-5-4-7(2)6-8;2-1-3/h4-6H,3H2,1-2H3;/q+1;. The van der Waals surface area contributed by atoms with Crippen molar-refractivity contribution < 1.29 is 4.57 Å². The Morgan fingerprint density at radius 3 is 2.45 bits per heavy atom. The van der Waals surface area contributed by atoms with Gasteiger partial charge < -0.3 is 0 Å². The number of imidazole rings is 1. The van der Waals surface area contributed by atoms with Gasteiger partial charge in [-0.05, 0) is 6.92 Å². The first-order chi connectivity index (χ1) is 5.24. The van der Waals surface area contributed by atoms with E-state index in [-0.39, 0.29) is 0 Å². The topological polar surface area (TPSA) is 32.6 Å². The van der Waals surface area contributed by atoms with E-state index in [1.807, 2.05) is 17.8 Å². The minimum absolute atomic E-state index is 1.06. The van der Waals surface area contributed by atoms with Gasteiger partial charge in [-0.2, -0.15) is 0 Å². The molecule has 1 rings (SSSR count). The van der Waals surface area contributed by atoms with E-state index in [1.54, 1.807) is 4.97 Å². The summed E-state index contributed by atoms with van der Waals surface area (Å²) in [6.07, 6.45) is 6.14. The molecular formula is C7H11N3Se+. The summed E-state index contributed by atoms with van der Waals surface area (Å²) in [4.78, 5) is 1.62. The first-order valence-corrected chi connectivity index (χ1v) is 4.12. The molecule has 0 saturated carbocycles.